The molecule has 43 heavy (non-hydrogen) atoms. The lowest BCUT2D eigenvalue weighted by atomic mass is 9.68. The maximum Gasteiger partial charge on any atom is 0.238 e. The van der Waals surface area contributed by atoms with Crippen molar-refractivity contribution in [3.63, 3.8) is 0 Å². The third-order valence-corrected chi connectivity index (χ3v) is 8.76. The molecule has 7 nitrogen and oxygen atoms in total. The number of phenols is 1. The van der Waals surface area contributed by atoms with E-state index in [1.807, 2.05) is 62.4 Å². The number of aliphatic hydroxyl groups excluding tert-OH is 2. The van der Waals surface area contributed by atoms with Gasteiger partial charge in [0.2, 0.25) is 11.8 Å². The Balaban J connectivity index is 1.46. The number of para-hydroxylation sites is 1. The second-order valence-corrected chi connectivity index (χ2v) is 11.6. The Bertz CT molecular complexity index is 1520. The summed E-state index contributed by atoms with van der Waals surface area (Å²) in [6.07, 6.45) is 2.28. The highest BCUT2D eigenvalue weighted by Gasteiger charge is 2.55. The number of carbonyl (C=O) groups excluding carboxylic acids is 2. The lowest BCUT2D eigenvalue weighted by Crippen LogP contribution is -2.39. The number of aliphatic hydroxyl groups is 2. The lowest BCUT2D eigenvalue weighted by Gasteiger charge is -2.36. The number of rotatable bonds is 10. The number of aryl methyl sites for hydroxylation is 2. The molecule has 1 aliphatic heterocycles. The van der Waals surface area contributed by atoms with E-state index >= 15 is 0 Å². The van der Waals surface area contributed by atoms with Crippen molar-refractivity contribution in [2.24, 2.45) is 17.8 Å². The summed E-state index contributed by atoms with van der Waals surface area (Å²) in [5.41, 5.74) is 6.43. The zero-order chi connectivity index (χ0) is 30.7. The number of allylic oxidation sites excluding steroid dienone is 1. The fourth-order valence-corrected chi connectivity index (χ4v) is 6.77. The molecule has 3 aromatic carbocycles. The van der Waals surface area contributed by atoms with Gasteiger partial charge in [0.15, 0.2) is 0 Å². The molecule has 3 aromatic rings. The first-order valence-corrected chi connectivity index (χ1v) is 14.7. The van der Waals surface area contributed by atoms with E-state index in [1.54, 1.807) is 31.4 Å². The lowest BCUT2D eigenvalue weighted by molar-refractivity contribution is -0.123. The maximum absolute atomic E-state index is 13.7. The summed E-state index contributed by atoms with van der Waals surface area (Å²) in [6.45, 7) is 3.58. The number of amides is 2. The van der Waals surface area contributed by atoms with Crippen LogP contribution in [0.2, 0.25) is 0 Å². The number of carbonyl (C=O) groups is 2. The number of fused-ring (bicyclic) bond motifs is 1. The minimum absolute atomic E-state index is 0.201. The first-order chi connectivity index (χ1) is 20.7. The molecule has 5 rings (SSSR count). The summed E-state index contributed by atoms with van der Waals surface area (Å²) in [4.78, 5) is 28.5. The highest BCUT2D eigenvalue weighted by Crippen LogP contribution is 2.47. The Kier molecular flexibility index (Phi) is 9.25. The number of hydrogen-bond donors (Lipinski definition) is 3. The zero-order valence-electron chi connectivity index (χ0n) is 24.9. The first kappa shape index (κ1) is 30.4. The largest absolute Gasteiger partial charge is 0.507 e. The van der Waals surface area contributed by atoms with Gasteiger partial charge in [0, 0.05) is 13.0 Å². The van der Waals surface area contributed by atoms with Crippen LogP contribution < -0.4 is 4.90 Å². The van der Waals surface area contributed by atoms with Gasteiger partial charge in [-0.3, -0.25) is 14.5 Å². The van der Waals surface area contributed by atoms with Crippen molar-refractivity contribution < 1.29 is 29.6 Å². The van der Waals surface area contributed by atoms with Gasteiger partial charge in [-0.15, -0.1) is 0 Å². The number of imide groups is 1. The van der Waals surface area contributed by atoms with Gasteiger partial charge in [-0.2, -0.15) is 0 Å². The van der Waals surface area contributed by atoms with Crippen LogP contribution in [0.1, 0.15) is 41.5 Å². The molecule has 3 N–H and O–H groups in total. The van der Waals surface area contributed by atoms with Crippen LogP contribution in [0.3, 0.4) is 0 Å². The quantitative estimate of drug-likeness (QED) is 0.167. The highest BCUT2D eigenvalue weighted by atomic mass is 16.5. The van der Waals surface area contributed by atoms with Crippen molar-refractivity contribution >= 4 is 29.2 Å². The van der Waals surface area contributed by atoms with Gasteiger partial charge in [0.1, 0.15) is 5.75 Å². The highest BCUT2D eigenvalue weighted by molar-refractivity contribution is 6.22. The molecular weight excluding hydrogens is 542 g/mol. The molecule has 0 aromatic heterocycles. The minimum Gasteiger partial charge on any atom is -0.507 e. The molecule has 2 amide bonds. The van der Waals surface area contributed by atoms with E-state index < -0.39 is 23.9 Å². The molecule has 1 fully saturated rings. The van der Waals surface area contributed by atoms with E-state index in [9.17, 15) is 24.9 Å². The topological polar surface area (TPSA) is 107 Å². The summed E-state index contributed by atoms with van der Waals surface area (Å²) >= 11 is 0. The predicted octanol–water partition coefficient (Wildman–Crippen LogP) is 5.45. The van der Waals surface area contributed by atoms with E-state index in [0.29, 0.717) is 30.5 Å². The van der Waals surface area contributed by atoms with E-state index in [2.05, 4.69) is 6.08 Å². The average molecular weight is 582 g/mol. The van der Waals surface area contributed by atoms with Crippen molar-refractivity contribution in [1.82, 2.24) is 0 Å². The Morgan fingerprint density at radius 2 is 1.63 bits per heavy atom. The fraction of sp³-hybridized carbons (Fsp3) is 0.333. The number of hydrogen-bond acceptors (Lipinski definition) is 6. The predicted molar refractivity (Wildman–Crippen MR) is 167 cm³/mol. The second kappa shape index (κ2) is 13.1. The first-order valence-electron chi connectivity index (χ1n) is 14.7. The van der Waals surface area contributed by atoms with Crippen LogP contribution in [-0.4, -0.2) is 53.6 Å². The van der Waals surface area contributed by atoms with Crippen molar-refractivity contribution in [3.8, 4) is 5.75 Å². The van der Waals surface area contributed by atoms with Gasteiger partial charge in [-0.1, -0.05) is 54.6 Å². The van der Waals surface area contributed by atoms with Crippen molar-refractivity contribution in [2.75, 3.05) is 25.2 Å². The van der Waals surface area contributed by atoms with E-state index in [4.69, 9.17) is 4.74 Å². The molecule has 0 radical (unpaired) electrons. The third kappa shape index (κ3) is 6.07. The maximum atomic E-state index is 13.7. The van der Waals surface area contributed by atoms with E-state index in [1.165, 1.54) is 4.90 Å². The number of phenolic OH excluding ortho intramolecular Hbond substituents is 1. The smallest absolute Gasteiger partial charge is 0.238 e. The summed E-state index contributed by atoms with van der Waals surface area (Å²) in [7, 11) is 1.56. The van der Waals surface area contributed by atoms with Gasteiger partial charge in [0.25, 0.3) is 0 Å². The molecule has 1 aliphatic carbocycles. The van der Waals surface area contributed by atoms with Gasteiger partial charge < -0.3 is 20.1 Å². The third-order valence-electron chi connectivity index (χ3n) is 8.76. The van der Waals surface area contributed by atoms with Gasteiger partial charge in [-0.25, -0.2) is 0 Å². The van der Waals surface area contributed by atoms with Gasteiger partial charge in [-0.05, 0) is 96.3 Å². The minimum atomic E-state index is -0.952. The molecule has 1 heterocycles. The molecule has 0 bridgehead atoms. The van der Waals surface area contributed by atoms with Crippen LogP contribution in [0, 0.1) is 31.6 Å². The zero-order valence-corrected chi connectivity index (χ0v) is 24.9. The number of aromatic hydroxyl groups is 1. The summed E-state index contributed by atoms with van der Waals surface area (Å²) in [5, 5.41) is 32.6. The van der Waals surface area contributed by atoms with Crippen LogP contribution in [0.15, 0.2) is 83.9 Å². The Hall–Kier alpha value is -4.04. The van der Waals surface area contributed by atoms with Crippen molar-refractivity contribution in [3.05, 3.63) is 106 Å². The van der Waals surface area contributed by atoms with Gasteiger partial charge >= 0.3 is 0 Å². The molecule has 1 saturated heterocycles. The summed E-state index contributed by atoms with van der Waals surface area (Å²) < 4.78 is 5.49. The molecular formula is C36H39NO6. The van der Waals surface area contributed by atoms with Crippen molar-refractivity contribution in [2.45, 2.75) is 39.2 Å². The molecule has 0 unspecified atom stereocenters. The average Bonchev–Trinajstić information content (AvgIpc) is 3.26. The van der Waals surface area contributed by atoms with Crippen LogP contribution in [0.5, 0.6) is 5.75 Å². The van der Waals surface area contributed by atoms with Crippen LogP contribution in [-0.2, 0) is 14.3 Å². The molecule has 224 valence electrons. The summed E-state index contributed by atoms with van der Waals surface area (Å²) in [5.74, 6) is -2.42. The van der Waals surface area contributed by atoms with Crippen LogP contribution in [0.25, 0.3) is 11.6 Å². The molecule has 7 heteroatoms. The monoisotopic (exact) mass is 581 g/mol. The Labute approximate surface area is 252 Å². The molecule has 2 aliphatic rings. The molecule has 4 atom stereocenters. The Morgan fingerprint density at radius 3 is 2.23 bits per heavy atom. The van der Waals surface area contributed by atoms with Gasteiger partial charge in [0.05, 0.1) is 36.8 Å². The number of ether oxygens (including phenoxy) is 1. The summed E-state index contributed by atoms with van der Waals surface area (Å²) in [6, 6.07) is 22.7. The van der Waals surface area contributed by atoms with E-state index in [-0.39, 0.29) is 30.8 Å². The molecule has 0 saturated carbocycles. The van der Waals surface area contributed by atoms with E-state index in [0.717, 1.165) is 33.4 Å². The number of methoxy groups -OCH3 is 1. The number of anilines is 1. The van der Waals surface area contributed by atoms with Crippen molar-refractivity contribution in [1.29, 1.82) is 0 Å². The number of benzene rings is 3. The number of nitrogens with zero attached hydrogens (tertiary/aromatic N) is 1. The van der Waals surface area contributed by atoms with Crippen LogP contribution in [0.4, 0.5) is 5.69 Å². The molecule has 0 spiro atoms. The standard InChI is InChI=1S/C36H39NO6/c1-22-16-24(17-23(2)34(22)40)18-26(25-10-6-4-7-11-25)14-15-31(39)32-27(21-43-3)19-29-33(30(32)20-38)36(42)37(35(29)41)28-12-8-5-9-13-28/h4-13,16-18,29-31,33,38-40H,14-15,19-21H2,1-3H3/b26-18-/t29-,30+,31-,33-/m1/s1. The fourth-order valence-electron chi connectivity index (χ4n) is 6.77. The second-order valence-electron chi connectivity index (χ2n) is 11.6. The van der Waals surface area contributed by atoms with Crippen LogP contribution >= 0.6 is 0 Å². The normalized spacial score (nSPS) is 21.4. The SMILES string of the molecule is COCC1=C([C@H](O)CC/C(=C/c2cc(C)c(O)c(C)c2)c2ccccc2)[C@H](CO)[C@@H]2C(=O)N(c3ccccc3)C(=O)[C@@H]2C1. The Morgan fingerprint density at radius 1 is 1.00 bits per heavy atom.